The standard InChI is InChI=1S/C17H18N2O4S/c1-11-4-6-12(7-5-11)13-10-24-17(18-13)19-15(20)9-23-16(21)14-3-2-8-22-14/h4-7,10,14H,2-3,8-9H2,1H3,(H,18,19,20)/t14-/m0/s1. The first kappa shape index (κ1) is 16.6. The highest BCUT2D eigenvalue weighted by Crippen LogP contribution is 2.25. The Morgan fingerprint density at radius 3 is 2.88 bits per heavy atom. The molecule has 0 spiro atoms. The quantitative estimate of drug-likeness (QED) is 0.843. The third kappa shape index (κ3) is 4.18. The Labute approximate surface area is 143 Å². The number of anilines is 1. The van der Waals surface area contributed by atoms with Crippen LogP contribution in [0.15, 0.2) is 29.6 Å². The summed E-state index contributed by atoms with van der Waals surface area (Å²) in [7, 11) is 0. The number of hydrogen-bond acceptors (Lipinski definition) is 6. The van der Waals surface area contributed by atoms with Gasteiger partial charge in [0.15, 0.2) is 17.8 Å². The molecule has 1 fully saturated rings. The molecule has 126 valence electrons. The van der Waals surface area contributed by atoms with Gasteiger partial charge in [0.05, 0.1) is 5.69 Å². The zero-order valence-electron chi connectivity index (χ0n) is 13.3. The van der Waals surface area contributed by atoms with E-state index in [-0.39, 0.29) is 6.61 Å². The molecule has 0 radical (unpaired) electrons. The zero-order chi connectivity index (χ0) is 16.9. The molecule has 1 aromatic carbocycles. The maximum absolute atomic E-state index is 11.9. The molecule has 0 saturated carbocycles. The van der Waals surface area contributed by atoms with E-state index in [1.807, 2.05) is 36.6 Å². The number of benzene rings is 1. The number of nitrogens with one attached hydrogen (secondary N) is 1. The molecule has 24 heavy (non-hydrogen) atoms. The number of aryl methyl sites for hydroxylation is 1. The molecule has 1 N–H and O–H groups in total. The van der Waals surface area contributed by atoms with Crippen LogP contribution in [0.4, 0.5) is 5.13 Å². The zero-order valence-corrected chi connectivity index (χ0v) is 14.1. The van der Waals surface area contributed by atoms with Crippen molar-refractivity contribution in [3.8, 4) is 11.3 Å². The van der Waals surface area contributed by atoms with Crippen LogP contribution in [0.5, 0.6) is 0 Å². The van der Waals surface area contributed by atoms with Gasteiger partial charge in [0.25, 0.3) is 5.91 Å². The number of aromatic nitrogens is 1. The number of amides is 1. The van der Waals surface area contributed by atoms with Crippen molar-refractivity contribution in [1.82, 2.24) is 4.98 Å². The van der Waals surface area contributed by atoms with Crippen LogP contribution >= 0.6 is 11.3 Å². The lowest BCUT2D eigenvalue weighted by Crippen LogP contribution is -2.27. The van der Waals surface area contributed by atoms with E-state index in [1.165, 1.54) is 16.9 Å². The largest absolute Gasteiger partial charge is 0.454 e. The summed E-state index contributed by atoms with van der Waals surface area (Å²) in [5.74, 6) is -0.895. The van der Waals surface area contributed by atoms with E-state index in [9.17, 15) is 9.59 Å². The first-order chi connectivity index (χ1) is 11.6. The number of thiazole rings is 1. The van der Waals surface area contributed by atoms with E-state index >= 15 is 0 Å². The third-order valence-corrected chi connectivity index (χ3v) is 4.39. The van der Waals surface area contributed by atoms with Gasteiger partial charge in [0, 0.05) is 17.6 Å². The average Bonchev–Trinajstić information content (AvgIpc) is 3.25. The number of hydrogen-bond donors (Lipinski definition) is 1. The van der Waals surface area contributed by atoms with Crippen LogP contribution < -0.4 is 5.32 Å². The molecular formula is C17H18N2O4S. The van der Waals surface area contributed by atoms with Crippen LogP contribution in [-0.4, -0.2) is 36.2 Å². The minimum Gasteiger partial charge on any atom is -0.454 e. The van der Waals surface area contributed by atoms with Crippen LogP contribution in [0, 0.1) is 6.92 Å². The second-order valence-corrected chi connectivity index (χ2v) is 6.42. The second kappa shape index (κ2) is 7.55. The lowest BCUT2D eigenvalue weighted by atomic mass is 10.1. The summed E-state index contributed by atoms with van der Waals surface area (Å²) in [6.45, 7) is 2.25. The summed E-state index contributed by atoms with van der Waals surface area (Å²) in [5.41, 5.74) is 2.96. The topological polar surface area (TPSA) is 77.5 Å². The summed E-state index contributed by atoms with van der Waals surface area (Å²) in [5, 5.41) is 4.99. The van der Waals surface area contributed by atoms with Gasteiger partial charge in [-0.15, -0.1) is 11.3 Å². The Morgan fingerprint density at radius 2 is 2.17 bits per heavy atom. The molecule has 7 heteroatoms. The van der Waals surface area contributed by atoms with Crippen molar-refractivity contribution in [2.45, 2.75) is 25.9 Å². The maximum atomic E-state index is 11.9. The molecule has 0 unspecified atom stereocenters. The Morgan fingerprint density at radius 1 is 1.38 bits per heavy atom. The van der Waals surface area contributed by atoms with Gasteiger partial charge in [-0.3, -0.25) is 10.1 Å². The fraction of sp³-hybridized carbons (Fsp3) is 0.353. The Balaban J connectivity index is 1.51. The number of rotatable bonds is 5. The lowest BCUT2D eigenvalue weighted by molar-refractivity contribution is -0.156. The highest BCUT2D eigenvalue weighted by molar-refractivity contribution is 7.14. The molecule has 1 aromatic heterocycles. The fourth-order valence-corrected chi connectivity index (χ4v) is 3.07. The predicted molar refractivity (Wildman–Crippen MR) is 90.8 cm³/mol. The summed E-state index contributed by atoms with van der Waals surface area (Å²) >= 11 is 1.33. The van der Waals surface area contributed by atoms with Crippen molar-refractivity contribution in [3.63, 3.8) is 0 Å². The van der Waals surface area contributed by atoms with E-state index in [2.05, 4.69) is 10.3 Å². The fourth-order valence-electron chi connectivity index (χ4n) is 2.34. The number of nitrogens with zero attached hydrogens (tertiary/aromatic N) is 1. The van der Waals surface area contributed by atoms with Crippen molar-refractivity contribution in [3.05, 3.63) is 35.2 Å². The maximum Gasteiger partial charge on any atom is 0.335 e. The average molecular weight is 346 g/mol. The molecule has 2 aromatic rings. The molecule has 1 aliphatic rings. The number of esters is 1. The van der Waals surface area contributed by atoms with E-state index < -0.39 is 18.0 Å². The van der Waals surface area contributed by atoms with Crippen molar-refractivity contribution in [2.24, 2.45) is 0 Å². The summed E-state index contributed by atoms with van der Waals surface area (Å²) < 4.78 is 10.2. The van der Waals surface area contributed by atoms with Gasteiger partial charge in [-0.1, -0.05) is 29.8 Å². The molecule has 3 rings (SSSR count). The number of ether oxygens (including phenoxy) is 2. The van der Waals surface area contributed by atoms with Gasteiger partial charge in [-0.2, -0.15) is 0 Å². The first-order valence-corrected chi connectivity index (χ1v) is 8.60. The molecule has 1 amide bonds. The van der Waals surface area contributed by atoms with Crippen LogP contribution in [0.1, 0.15) is 18.4 Å². The van der Waals surface area contributed by atoms with E-state index in [0.717, 1.165) is 17.7 Å². The van der Waals surface area contributed by atoms with Crippen molar-refractivity contribution in [1.29, 1.82) is 0 Å². The Kier molecular flexibility index (Phi) is 5.22. The first-order valence-electron chi connectivity index (χ1n) is 7.72. The van der Waals surface area contributed by atoms with Crippen LogP contribution in [-0.2, 0) is 19.1 Å². The van der Waals surface area contributed by atoms with Gasteiger partial charge in [-0.25, -0.2) is 9.78 Å². The smallest absolute Gasteiger partial charge is 0.335 e. The predicted octanol–water partition coefficient (Wildman–Crippen LogP) is 2.78. The van der Waals surface area contributed by atoms with Crippen molar-refractivity contribution in [2.75, 3.05) is 18.5 Å². The molecule has 1 atom stereocenters. The summed E-state index contributed by atoms with van der Waals surface area (Å²) in [6.07, 6.45) is 0.950. The van der Waals surface area contributed by atoms with E-state index in [4.69, 9.17) is 9.47 Å². The second-order valence-electron chi connectivity index (χ2n) is 5.56. The van der Waals surface area contributed by atoms with Crippen LogP contribution in [0.2, 0.25) is 0 Å². The van der Waals surface area contributed by atoms with Crippen molar-refractivity contribution < 1.29 is 19.1 Å². The van der Waals surface area contributed by atoms with Gasteiger partial charge in [0.2, 0.25) is 0 Å². The summed E-state index contributed by atoms with van der Waals surface area (Å²) in [6, 6.07) is 7.99. The van der Waals surface area contributed by atoms with E-state index in [0.29, 0.717) is 18.2 Å². The Bertz CT molecular complexity index is 720. The normalized spacial score (nSPS) is 16.8. The monoisotopic (exact) mass is 346 g/mol. The molecule has 6 nitrogen and oxygen atoms in total. The van der Waals surface area contributed by atoms with Gasteiger partial charge < -0.3 is 9.47 Å². The Hall–Kier alpha value is -2.25. The molecule has 0 aliphatic carbocycles. The van der Waals surface area contributed by atoms with E-state index in [1.54, 1.807) is 0 Å². The molecule has 0 bridgehead atoms. The molecule has 1 saturated heterocycles. The number of carbonyl (C=O) groups is 2. The van der Waals surface area contributed by atoms with Gasteiger partial charge in [0.1, 0.15) is 0 Å². The minimum atomic E-state index is -0.536. The molecule has 2 heterocycles. The highest BCUT2D eigenvalue weighted by Gasteiger charge is 2.25. The third-order valence-electron chi connectivity index (χ3n) is 3.64. The molecule has 1 aliphatic heterocycles. The van der Waals surface area contributed by atoms with Crippen LogP contribution in [0.25, 0.3) is 11.3 Å². The molecular weight excluding hydrogens is 328 g/mol. The van der Waals surface area contributed by atoms with Crippen molar-refractivity contribution >= 4 is 28.3 Å². The minimum absolute atomic E-state index is 0.335. The lowest BCUT2D eigenvalue weighted by Gasteiger charge is -2.08. The van der Waals surface area contributed by atoms with Crippen LogP contribution in [0.3, 0.4) is 0 Å². The SMILES string of the molecule is Cc1ccc(-c2csc(NC(=O)COC(=O)[C@@H]3CCCO3)n2)cc1. The number of carbonyl (C=O) groups excluding carboxylic acids is 2. The van der Waals surface area contributed by atoms with Gasteiger partial charge >= 0.3 is 5.97 Å². The summed E-state index contributed by atoms with van der Waals surface area (Å²) in [4.78, 5) is 27.9. The van der Waals surface area contributed by atoms with Gasteiger partial charge in [-0.05, 0) is 19.8 Å². The highest BCUT2D eigenvalue weighted by atomic mass is 32.1.